The molecule has 1 atom stereocenters. The highest BCUT2D eigenvalue weighted by atomic mass is 16.5. The van der Waals surface area contributed by atoms with Gasteiger partial charge in [-0.1, -0.05) is 6.92 Å². The minimum absolute atomic E-state index is 0.230. The molecule has 0 bridgehead atoms. The van der Waals surface area contributed by atoms with Crippen molar-refractivity contribution in [2.24, 2.45) is 0 Å². The van der Waals surface area contributed by atoms with Gasteiger partial charge in [0.25, 0.3) is 0 Å². The Morgan fingerprint density at radius 1 is 1.50 bits per heavy atom. The van der Waals surface area contributed by atoms with E-state index in [1.807, 2.05) is 31.8 Å². The first-order valence-corrected chi connectivity index (χ1v) is 5.98. The molecule has 16 heavy (non-hydrogen) atoms. The van der Waals surface area contributed by atoms with Crippen LogP contribution in [0.15, 0.2) is 12.4 Å². The molecule has 1 aromatic heterocycles. The van der Waals surface area contributed by atoms with Crippen molar-refractivity contribution in [3.8, 4) is 0 Å². The summed E-state index contributed by atoms with van der Waals surface area (Å²) >= 11 is 0. The molecule has 0 aliphatic heterocycles. The highest BCUT2D eigenvalue weighted by Crippen LogP contribution is 2.12. The van der Waals surface area contributed by atoms with Crippen LogP contribution in [0.25, 0.3) is 0 Å². The van der Waals surface area contributed by atoms with E-state index >= 15 is 0 Å². The molecular weight excluding hydrogens is 202 g/mol. The number of nitrogens with one attached hydrogen (secondary N) is 1. The van der Waals surface area contributed by atoms with Crippen LogP contribution in [0.1, 0.15) is 38.8 Å². The molecule has 4 nitrogen and oxygen atoms in total. The second-order valence-corrected chi connectivity index (χ2v) is 4.26. The fourth-order valence-electron chi connectivity index (χ4n) is 1.55. The quantitative estimate of drug-likeness (QED) is 0.771. The number of ether oxygens (including phenoxy) is 1. The van der Waals surface area contributed by atoms with Crippen molar-refractivity contribution in [2.75, 3.05) is 13.7 Å². The van der Waals surface area contributed by atoms with Gasteiger partial charge in [0.2, 0.25) is 0 Å². The summed E-state index contributed by atoms with van der Waals surface area (Å²) in [5.41, 5.74) is 1.19. The Morgan fingerprint density at radius 3 is 2.81 bits per heavy atom. The van der Waals surface area contributed by atoms with Crippen LogP contribution >= 0.6 is 0 Å². The van der Waals surface area contributed by atoms with E-state index in [0.29, 0.717) is 6.61 Å². The maximum Gasteiger partial charge on any atom is 0.0666 e. The zero-order chi connectivity index (χ0) is 12.0. The first-order chi connectivity index (χ1) is 7.67. The molecule has 0 fully saturated rings. The predicted molar refractivity (Wildman–Crippen MR) is 65.4 cm³/mol. The highest BCUT2D eigenvalue weighted by Gasteiger charge is 2.12. The summed E-state index contributed by atoms with van der Waals surface area (Å²) in [6.07, 6.45) is 5.38. The van der Waals surface area contributed by atoms with Gasteiger partial charge in [-0.25, -0.2) is 0 Å². The van der Waals surface area contributed by atoms with Gasteiger partial charge in [-0.05, 0) is 27.3 Å². The SMILES string of the molecule is CCCn1cc(C(COC(C)C)NC)cn1. The van der Waals surface area contributed by atoms with Crippen molar-refractivity contribution in [3.63, 3.8) is 0 Å². The molecule has 1 heterocycles. The van der Waals surface area contributed by atoms with E-state index in [4.69, 9.17) is 4.74 Å². The van der Waals surface area contributed by atoms with Crippen LogP contribution in [0, 0.1) is 0 Å². The number of likely N-dealkylation sites (N-methyl/N-ethyl adjacent to an activating group) is 1. The predicted octanol–water partition coefficient (Wildman–Crippen LogP) is 1.98. The average molecular weight is 225 g/mol. The van der Waals surface area contributed by atoms with E-state index in [1.54, 1.807) is 0 Å². The Labute approximate surface area is 98.0 Å². The molecule has 1 N–H and O–H groups in total. The van der Waals surface area contributed by atoms with Gasteiger partial charge in [-0.3, -0.25) is 4.68 Å². The average Bonchev–Trinajstić information content (AvgIpc) is 2.68. The highest BCUT2D eigenvalue weighted by molar-refractivity contribution is 5.10. The van der Waals surface area contributed by atoms with Crippen molar-refractivity contribution >= 4 is 0 Å². The molecule has 1 unspecified atom stereocenters. The van der Waals surface area contributed by atoms with Crippen LogP contribution in [-0.4, -0.2) is 29.5 Å². The first kappa shape index (κ1) is 13.2. The Morgan fingerprint density at radius 2 is 2.25 bits per heavy atom. The summed E-state index contributed by atoms with van der Waals surface area (Å²) in [6.45, 7) is 7.91. The third kappa shape index (κ3) is 3.94. The standard InChI is InChI=1S/C12H23N3O/c1-5-6-15-8-11(7-14-15)12(13-4)9-16-10(2)3/h7-8,10,12-13H,5-6,9H2,1-4H3. The van der Waals surface area contributed by atoms with Crippen LogP contribution in [0.4, 0.5) is 0 Å². The summed E-state index contributed by atoms with van der Waals surface area (Å²) in [7, 11) is 1.95. The summed E-state index contributed by atoms with van der Waals surface area (Å²) in [5.74, 6) is 0. The zero-order valence-electron chi connectivity index (χ0n) is 10.7. The largest absolute Gasteiger partial charge is 0.377 e. The molecule has 0 aliphatic rings. The Bertz CT molecular complexity index is 296. The van der Waals surface area contributed by atoms with Gasteiger partial charge < -0.3 is 10.1 Å². The molecule has 92 valence electrons. The summed E-state index contributed by atoms with van der Waals surface area (Å²) in [5, 5.41) is 7.57. The molecule has 0 radical (unpaired) electrons. The van der Waals surface area contributed by atoms with Gasteiger partial charge in [0.05, 0.1) is 24.9 Å². The monoisotopic (exact) mass is 225 g/mol. The molecule has 1 aromatic rings. The van der Waals surface area contributed by atoms with Gasteiger partial charge in [-0.15, -0.1) is 0 Å². The van der Waals surface area contributed by atoms with E-state index in [9.17, 15) is 0 Å². The maximum absolute atomic E-state index is 5.62. The minimum atomic E-state index is 0.230. The van der Waals surface area contributed by atoms with Gasteiger partial charge in [0.1, 0.15) is 0 Å². The van der Waals surface area contributed by atoms with E-state index in [1.165, 1.54) is 5.56 Å². The summed E-state index contributed by atoms with van der Waals surface area (Å²) < 4.78 is 7.60. The number of aryl methyl sites for hydroxylation is 1. The fourth-order valence-corrected chi connectivity index (χ4v) is 1.55. The molecule has 0 saturated heterocycles. The van der Waals surface area contributed by atoms with Crippen molar-refractivity contribution in [1.82, 2.24) is 15.1 Å². The fraction of sp³-hybridized carbons (Fsp3) is 0.750. The summed E-state index contributed by atoms with van der Waals surface area (Å²) in [4.78, 5) is 0. The third-order valence-electron chi connectivity index (χ3n) is 2.45. The van der Waals surface area contributed by atoms with Gasteiger partial charge in [-0.2, -0.15) is 5.10 Å². The molecule has 4 heteroatoms. The van der Waals surface area contributed by atoms with Crippen LogP contribution in [0.2, 0.25) is 0 Å². The molecule has 0 saturated carbocycles. The number of hydrogen-bond donors (Lipinski definition) is 1. The molecule has 0 aliphatic carbocycles. The molecule has 0 spiro atoms. The lowest BCUT2D eigenvalue weighted by Gasteiger charge is -2.16. The summed E-state index contributed by atoms with van der Waals surface area (Å²) in [6, 6.07) is 0.230. The van der Waals surface area contributed by atoms with E-state index < -0.39 is 0 Å². The van der Waals surface area contributed by atoms with Crippen molar-refractivity contribution in [3.05, 3.63) is 18.0 Å². The number of aromatic nitrogens is 2. The van der Waals surface area contributed by atoms with Crippen molar-refractivity contribution in [1.29, 1.82) is 0 Å². The second-order valence-electron chi connectivity index (χ2n) is 4.26. The number of rotatable bonds is 7. The van der Waals surface area contributed by atoms with Gasteiger partial charge in [0.15, 0.2) is 0 Å². The minimum Gasteiger partial charge on any atom is -0.377 e. The topological polar surface area (TPSA) is 39.1 Å². The smallest absolute Gasteiger partial charge is 0.0666 e. The third-order valence-corrected chi connectivity index (χ3v) is 2.45. The van der Waals surface area contributed by atoms with E-state index in [2.05, 4.69) is 23.5 Å². The van der Waals surface area contributed by atoms with Crippen LogP contribution in [0.3, 0.4) is 0 Å². The van der Waals surface area contributed by atoms with E-state index in [0.717, 1.165) is 13.0 Å². The second kappa shape index (κ2) is 6.66. The molecule has 0 amide bonds. The molecule has 1 rings (SSSR count). The zero-order valence-corrected chi connectivity index (χ0v) is 10.7. The molecular formula is C12H23N3O. The van der Waals surface area contributed by atoms with E-state index in [-0.39, 0.29) is 12.1 Å². The number of nitrogens with zero attached hydrogens (tertiary/aromatic N) is 2. The van der Waals surface area contributed by atoms with Crippen LogP contribution in [-0.2, 0) is 11.3 Å². The Balaban J connectivity index is 2.56. The Hall–Kier alpha value is -0.870. The lowest BCUT2D eigenvalue weighted by Crippen LogP contribution is -2.23. The maximum atomic E-state index is 5.62. The van der Waals surface area contributed by atoms with Crippen molar-refractivity contribution in [2.45, 2.75) is 45.9 Å². The van der Waals surface area contributed by atoms with Crippen LogP contribution < -0.4 is 5.32 Å². The number of hydrogen-bond acceptors (Lipinski definition) is 3. The lowest BCUT2D eigenvalue weighted by molar-refractivity contribution is 0.0626. The Kier molecular flexibility index (Phi) is 5.49. The van der Waals surface area contributed by atoms with Crippen molar-refractivity contribution < 1.29 is 4.74 Å². The van der Waals surface area contributed by atoms with Gasteiger partial charge >= 0.3 is 0 Å². The lowest BCUT2D eigenvalue weighted by atomic mass is 10.2. The first-order valence-electron chi connectivity index (χ1n) is 5.98. The van der Waals surface area contributed by atoms with Gasteiger partial charge in [0, 0.05) is 18.3 Å². The molecule has 0 aromatic carbocycles. The normalized spacial score (nSPS) is 13.3. The van der Waals surface area contributed by atoms with Crippen LogP contribution in [0.5, 0.6) is 0 Å².